The summed E-state index contributed by atoms with van der Waals surface area (Å²) in [4.78, 5) is 11.8. The normalized spacial score (nSPS) is 10.2. The average Bonchev–Trinajstić information content (AvgIpc) is 2.44. The Morgan fingerprint density at radius 2 is 2.05 bits per heavy atom. The molecule has 3 N–H and O–H groups in total. The van der Waals surface area contributed by atoms with E-state index in [0.29, 0.717) is 33.8 Å². The number of nitrogens with two attached hydrogens (primary N) is 1. The van der Waals surface area contributed by atoms with Gasteiger partial charge in [0.15, 0.2) is 5.75 Å². The average molecular weight is 353 g/mol. The predicted octanol–water partition coefficient (Wildman–Crippen LogP) is 3.71. The van der Waals surface area contributed by atoms with Crippen molar-refractivity contribution < 1.29 is 13.9 Å². The van der Waals surface area contributed by atoms with Gasteiger partial charge in [-0.05, 0) is 59.3 Å². The molecule has 0 spiro atoms. The van der Waals surface area contributed by atoms with E-state index in [4.69, 9.17) is 10.5 Å². The third kappa shape index (κ3) is 3.72. The number of nitrogens with one attached hydrogen (secondary N) is 1. The molecule has 2 rings (SSSR count). The lowest BCUT2D eigenvalue weighted by molar-refractivity contribution is 0.0955. The van der Waals surface area contributed by atoms with E-state index in [1.54, 1.807) is 18.2 Å². The quantitative estimate of drug-likeness (QED) is 0.824. The summed E-state index contributed by atoms with van der Waals surface area (Å²) in [7, 11) is 0. The lowest BCUT2D eigenvalue weighted by Gasteiger charge is -2.11. The third-order valence-electron chi connectivity index (χ3n) is 2.73. The van der Waals surface area contributed by atoms with Gasteiger partial charge in [0, 0.05) is 12.1 Å². The van der Waals surface area contributed by atoms with Crippen molar-refractivity contribution in [3.63, 3.8) is 0 Å². The summed E-state index contributed by atoms with van der Waals surface area (Å²) in [6, 6.07) is 8.82. The highest BCUT2D eigenvalue weighted by molar-refractivity contribution is 9.10. The number of amides is 1. The van der Waals surface area contributed by atoms with E-state index < -0.39 is 0 Å². The summed E-state index contributed by atoms with van der Waals surface area (Å²) in [5.74, 6) is 0.168. The molecule has 2 aromatic rings. The maximum atomic E-state index is 13.1. The molecule has 1 amide bonds. The summed E-state index contributed by atoms with van der Waals surface area (Å²) in [6.45, 7) is 2.37. The minimum absolute atomic E-state index is 0.208. The highest BCUT2D eigenvalue weighted by Gasteiger charge is 2.11. The van der Waals surface area contributed by atoms with Gasteiger partial charge in [-0.2, -0.15) is 0 Å². The van der Waals surface area contributed by atoms with E-state index in [1.807, 2.05) is 6.92 Å². The molecule has 4 nitrogen and oxygen atoms in total. The van der Waals surface area contributed by atoms with Crippen LogP contribution in [0.1, 0.15) is 17.3 Å². The fraction of sp³-hybridized carbons (Fsp3) is 0.133. The standard InChI is InChI=1S/C15H14BrFN2O2/c1-2-19-15(20)9-3-5-12(18)14(7-9)21-13-6-4-10(17)8-11(13)16/h3-8H,2,18H2,1H3,(H,19,20). The van der Waals surface area contributed by atoms with Crippen LogP contribution in [0.5, 0.6) is 11.5 Å². The van der Waals surface area contributed by atoms with Crippen LogP contribution in [0.25, 0.3) is 0 Å². The Hall–Kier alpha value is -2.08. The molecule has 21 heavy (non-hydrogen) atoms. The van der Waals surface area contributed by atoms with Crippen molar-refractivity contribution in [3.8, 4) is 11.5 Å². The smallest absolute Gasteiger partial charge is 0.251 e. The first-order valence-corrected chi connectivity index (χ1v) is 7.11. The molecule has 0 radical (unpaired) electrons. The largest absolute Gasteiger partial charge is 0.454 e. The van der Waals surface area contributed by atoms with Gasteiger partial charge in [0.1, 0.15) is 11.6 Å². The molecule has 0 heterocycles. The molecule has 0 aliphatic heterocycles. The van der Waals surface area contributed by atoms with E-state index >= 15 is 0 Å². The van der Waals surface area contributed by atoms with Gasteiger partial charge in [-0.15, -0.1) is 0 Å². The monoisotopic (exact) mass is 352 g/mol. The molecule has 6 heteroatoms. The number of halogens is 2. The fourth-order valence-electron chi connectivity index (χ4n) is 1.70. The van der Waals surface area contributed by atoms with Crippen LogP contribution in [0.4, 0.5) is 10.1 Å². The Balaban J connectivity index is 2.30. The van der Waals surface area contributed by atoms with Gasteiger partial charge in [0.2, 0.25) is 0 Å². The zero-order valence-electron chi connectivity index (χ0n) is 11.3. The highest BCUT2D eigenvalue weighted by Crippen LogP contribution is 2.33. The van der Waals surface area contributed by atoms with Crippen LogP contribution in [-0.4, -0.2) is 12.5 Å². The van der Waals surface area contributed by atoms with Crippen molar-refractivity contribution in [3.05, 3.63) is 52.3 Å². The molecule has 0 saturated heterocycles. The van der Waals surface area contributed by atoms with Crippen molar-refractivity contribution in [2.75, 3.05) is 12.3 Å². The van der Waals surface area contributed by atoms with Crippen LogP contribution >= 0.6 is 15.9 Å². The molecule has 0 bridgehead atoms. The number of rotatable bonds is 4. The molecule has 0 aliphatic carbocycles. The van der Waals surface area contributed by atoms with Gasteiger partial charge in [0.05, 0.1) is 10.2 Å². The Kier molecular flexibility index (Phi) is 4.80. The number of carbonyl (C=O) groups is 1. The first-order valence-electron chi connectivity index (χ1n) is 6.32. The number of benzene rings is 2. The van der Waals surface area contributed by atoms with E-state index in [9.17, 15) is 9.18 Å². The van der Waals surface area contributed by atoms with Crippen LogP contribution in [0.3, 0.4) is 0 Å². The van der Waals surface area contributed by atoms with Crippen molar-refractivity contribution in [2.24, 2.45) is 0 Å². The number of nitrogen functional groups attached to an aromatic ring is 1. The number of anilines is 1. The van der Waals surface area contributed by atoms with E-state index in [-0.39, 0.29) is 11.7 Å². The lowest BCUT2D eigenvalue weighted by Crippen LogP contribution is -2.22. The summed E-state index contributed by atoms with van der Waals surface area (Å²) >= 11 is 3.22. The fourth-order valence-corrected chi connectivity index (χ4v) is 2.13. The maximum absolute atomic E-state index is 13.1. The van der Waals surface area contributed by atoms with E-state index in [1.165, 1.54) is 18.2 Å². The van der Waals surface area contributed by atoms with Crippen LogP contribution < -0.4 is 15.8 Å². The van der Waals surface area contributed by atoms with Gasteiger partial charge in [-0.25, -0.2) is 4.39 Å². The SMILES string of the molecule is CCNC(=O)c1ccc(N)c(Oc2ccc(F)cc2Br)c1. The van der Waals surface area contributed by atoms with Crippen molar-refractivity contribution in [1.82, 2.24) is 5.32 Å². The van der Waals surface area contributed by atoms with Gasteiger partial charge in [0.25, 0.3) is 5.91 Å². The Labute approximate surface area is 130 Å². The van der Waals surface area contributed by atoms with Crippen LogP contribution in [0.15, 0.2) is 40.9 Å². The second-order valence-electron chi connectivity index (χ2n) is 4.29. The lowest BCUT2D eigenvalue weighted by atomic mass is 10.1. The molecule has 0 atom stereocenters. The Morgan fingerprint density at radius 3 is 2.71 bits per heavy atom. The zero-order chi connectivity index (χ0) is 15.4. The second kappa shape index (κ2) is 6.58. The van der Waals surface area contributed by atoms with Gasteiger partial charge >= 0.3 is 0 Å². The van der Waals surface area contributed by atoms with Crippen molar-refractivity contribution in [1.29, 1.82) is 0 Å². The second-order valence-corrected chi connectivity index (χ2v) is 5.14. The number of hydrogen-bond acceptors (Lipinski definition) is 3. The first-order chi connectivity index (χ1) is 10.0. The van der Waals surface area contributed by atoms with Crippen molar-refractivity contribution in [2.45, 2.75) is 6.92 Å². The molecule has 0 aromatic heterocycles. The van der Waals surface area contributed by atoms with Gasteiger partial charge in [-0.3, -0.25) is 4.79 Å². The molecule has 0 saturated carbocycles. The van der Waals surface area contributed by atoms with E-state index in [0.717, 1.165) is 0 Å². The van der Waals surface area contributed by atoms with Crippen LogP contribution in [0, 0.1) is 5.82 Å². The van der Waals surface area contributed by atoms with E-state index in [2.05, 4.69) is 21.2 Å². The Morgan fingerprint density at radius 1 is 1.29 bits per heavy atom. The molecular weight excluding hydrogens is 339 g/mol. The number of hydrogen-bond donors (Lipinski definition) is 2. The highest BCUT2D eigenvalue weighted by atomic mass is 79.9. The number of ether oxygens (including phenoxy) is 1. The molecule has 0 fully saturated rings. The number of carbonyl (C=O) groups excluding carboxylic acids is 1. The topological polar surface area (TPSA) is 64.4 Å². The van der Waals surface area contributed by atoms with Crippen LogP contribution in [-0.2, 0) is 0 Å². The van der Waals surface area contributed by atoms with Gasteiger partial charge in [-0.1, -0.05) is 0 Å². The maximum Gasteiger partial charge on any atom is 0.251 e. The summed E-state index contributed by atoms with van der Waals surface area (Å²) < 4.78 is 19.2. The molecule has 2 aromatic carbocycles. The molecule has 110 valence electrons. The summed E-state index contributed by atoms with van der Waals surface area (Å²) in [5, 5.41) is 2.70. The van der Waals surface area contributed by atoms with Crippen LogP contribution in [0.2, 0.25) is 0 Å². The molecule has 0 unspecified atom stereocenters. The Bertz CT molecular complexity index is 677. The zero-order valence-corrected chi connectivity index (χ0v) is 12.9. The molecule has 0 aliphatic rings. The minimum atomic E-state index is -0.377. The summed E-state index contributed by atoms with van der Waals surface area (Å²) in [6.07, 6.45) is 0. The third-order valence-corrected chi connectivity index (χ3v) is 3.35. The van der Waals surface area contributed by atoms with Gasteiger partial charge < -0.3 is 15.8 Å². The predicted molar refractivity (Wildman–Crippen MR) is 83.0 cm³/mol. The summed E-state index contributed by atoms with van der Waals surface area (Å²) in [5.41, 5.74) is 6.68. The first kappa shape index (κ1) is 15.3. The molecular formula is C15H14BrFN2O2. The van der Waals surface area contributed by atoms with Crippen molar-refractivity contribution >= 4 is 27.5 Å². The minimum Gasteiger partial charge on any atom is -0.454 e.